The summed E-state index contributed by atoms with van der Waals surface area (Å²) in [7, 11) is 0. The van der Waals surface area contributed by atoms with Crippen LogP contribution in [0.1, 0.15) is 17.3 Å². The number of rotatable bonds is 6. The number of hydrogen-bond donors (Lipinski definition) is 3. The molecule has 0 fully saturated rings. The van der Waals surface area contributed by atoms with E-state index in [0.29, 0.717) is 11.3 Å². The first-order valence-corrected chi connectivity index (χ1v) is 6.25. The average Bonchev–Trinajstić information content (AvgIpc) is 2.91. The Labute approximate surface area is 120 Å². The predicted octanol–water partition coefficient (Wildman–Crippen LogP) is -0.321. The van der Waals surface area contributed by atoms with Gasteiger partial charge in [-0.2, -0.15) is 0 Å². The Morgan fingerprint density at radius 3 is 2.71 bits per heavy atom. The summed E-state index contributed by atoms with van der Waals surface area (Å²) in [5, 5.41) is 18.7. The molecular formula is C13H15N5O3. The molecule has 8 nitrogen and oxygen atoms in total. The average molecular weight is 289 g/mol. The van der Waals surface area contributed by atoms with Crippen molar-refractivity contribution in [2.24, 2.45) is 5.73 Å². The summed E-state index contributed by atoms with van der Waals surface area (Å²) < 4.78 is 1.18. The van der Waals surface area contributed by atoms with E-state index in [1.807, 2.05) is 6.07 Å². The number of nitrogens with one attached hydrogen (secondary N) is 1. The van der Waals surface area contributed by atoms with Crippen LogP contribution < -0.4 is 11.1 Å². The highest BCUT2D eigenvalue weighted by Crippen LogP contribution is 2.09. The molecule has 1 amide bonds. The molecule has 0 spiro atoms. The van der Waals surface area contributed by atoms with E-state index in [0.717, 1.165) is 0 Å². The Kier molecular flexibility index (Phi) is 4.62. The summed E-state index contributed by atoms with van der Waals surface area (Å²) in [5.74, 6) is -1.35. The van der Waals surface area contributed by atoms with Crippen molar-refractivity contribution in [1.29, 1.82) is 0 Å². The van der Waals surface area contributed by atoms with Gasteiger partial charge in [0.15, 0.2) is 0 Å². The quantitative estimate of drug-likeness (QED) is 0.669. The first-order chi connectivity index (χ1) is 10.1. The third kappa shape index (κ3) is 4.11. The Morgan fingerprint density at radius 1 is 1.33 bits per heavy atom. The zero-order valence-electron chi connectivity index (χ0n) is 11.1. The number of carboxylic acid groups (broad SMARTS) is 1. The maximum atomic E-state index is 11.9. The second-order valence-electron chi connectivity index (χ2n) is 4.41. The Morgan fingerprint density at radius 2 is 2.05 bits per heavy atom. The van der Waals surface area contributed by atoms with Crippen LogP contribution in [-0.2, 0) is 22.7 Å². The number of benzene rings is 1. The molecule has 21 heavy (non-hydrogen) atoms. The van der Waals surface area contributed by atoms with Crippen LogP contribution >= 0.6 is 0 Å². The van der Waals surface area contributed by atoms with Gasteiger partial charge >= 0.3 is 5.97 Å². The molecule has 0 aliphatic heterocycles. The second kappa shape index (κ2) is 6.62. The van der Waals surface area contributed by atoms with Crippen LogP contribution in [0.5, 0.6) is 0 Å². The van der Waals surface area contributed by atoms with Crippen molar-refractivity contribution in [3.05, 3.63) is 47.8 Å². The molecule has 0 aliphatic carbocycles. The van der Waals surface area contributed by atoms with Gasteiger partial charge in [-0.3, -0.25) is 9.59 Å². The molecule has 0 radical (unpaired) electrons. The van der Waals surface area contributed by atoms with Gasteiger partial charge < -0.3 is 16.2 Å². The van der Waals surface area contributed by atoms with Crippen LogP contribution in [0.3, 0.4) is 0 Å². The monoisotopic (exact) mass is 289 g/mol. The molecule has 0 bridgehead atoms. The minimum absolute atomic E-state index is 0.138. The van der Waals surface area contributed by atoms with Gasteiger partial charge in [0, 0.05) is 0 Å². The van der Waals surface area contributed by atoms with E-state index < -0.39 is 12.0 Å². The zero-order valence-corrected chi connectivity index (χ0v) is 11.1. The summed E-state index contributed by atoms with van der Waals surface area (Å²) in [6.45, 7) is -0.135. The lowest BCUT2D eigenvalue weighted by atomic mass is 10.1. The largest absolute Gasteiger partial charge is 0.480 e. The summed E-state index contributed by atoms with van der Waals surface area (Å²) in [5.41, 5.74) is 7.02. The minimum atomic E-state index is -1.01. The van der Waals surface area contributed by atoms with Gasteiger partial charge in [-0.1, -0.05) is 35.5 Å². The van der Waals surface area contributed by atoms with Crippen LogP contribution in [0.4, 0.5) is 0 Å². The van der Waals surface area contributed by atoms with Crippen LogP contribution in [0, 0.1) is 0 Å². The summed E-state index contributed by atoms with van der Waals surface area (Å²) in [6, 6.07) is 8.23. The van der Waals surface area contributed by atoms with Crippen molar-refractivity contribution in [3.8, 4) is 0 Å². The van der Waals surface area contributed by atoms with Crippen LogP contribution in [-0.4, -0.2) is 32.0 Å². The van der Waals surface area contributed by atoms with E-state index in [-0.39, 0.29) is 19.0 Å². The predicted molar refractivity (Wildman–Crippen MR) is 72.9 cm³/mol. The molecule has 0 saturated carbocycles. The highest BCUT2D eigenvalue weighted by molar-refractivity contribution is 5.82. The van der Waals surface area contributed by atoms with E-state index >= 15 is 0 Å². The highest BCUT2D eigenvalue weighted by atomic mass is 16.4. The van der Waals surface area contributed by atoms with Gasteiger partial charge in [-0.25, -0.2) is 4.68 Å². The fourth-order valence-corrected chi connectivity index (χ4v) is 1.73. The van der Waals surface area contributed by atoms with Crippen LogP contribution in [0.2, 0.25) is 0 Å². The number of aliphatic carboxylic acids is 1. The molecule has 0 unspecified atom stereocenters. The normalized spacial score (nSPS) is 11.9. The van der Waals surface area contributed by atoms with E-state index in [1.54, 1.807) is 24.3 Å². The Hall–Kier alpha value is -2.74. The molecular weight excluding hydrogens is 274 g/mol. The minimum Gasteiger partial charge on any atom is -0.480 e. The van der Waals surface area contributed by atoms with Crippen LogP contribution in [0.15, 0.2) is 36.5 Å². The third-order valence-electron chi connectivity index (χ3n) is 2.77. The Bertz CT molecular complexity index is 626. The molecule has 4 N–H and O–H groups in total. The van der Waals surface area contributed by atoms with Gasteiger partial charge in [0.1, 0.15) is 18.3 Å². The summed E-state index contributed by atoms with van der Waals surface area (Å²) in [4.78, 5) is 22.4. The highest BCUT2D eigenvalue weighted by Gasteiger charge is 2.15. The number of hydrogen-bond acceptors (Lipinski definition) is 5. The van der Waals surface area contributed by atoms with Crippen molar-refractivity contribution < 1.29 is 14.7 Å². The summed E-state index contributed by atoms with van der Waals surface area (Å²) >= 11 is 0. The smallest absolute Gasteiger partial charge is 0.325 e. The van der Waals surface area contributed by atoms with Crippen molar-refractivity contribution in [2.45, 2.75) is 19.1 Å². The Balaban J connectivity index is 1.89. The fourth-order valence-electron chi connectivity index (χ4n) is 1.73. The van der Waals surface area contributed by atoms with Gasteiger partial charge in [0.25, 0.3) is 0 Å². The number of carboxylic acids is 1. The molecule has 2 rings (SSSR count). The zero-order chi connectivity index (χ0) is 15.2. The van der Waals surface area contributed by atoms with Crippen molar-refractivity contribution in [3.63, 3.8) is 0 Å². The molecule has 1 aromatic heterocycles. The number of carbonyl (C=O) groups is 2. The van der Waals surface area contributed by atoms with Gasteiger partial charge in [-0.05, 0) is 5.56 Å². The molecule has 2 aromatic rings. The lowest BCUT2D eigenvalue weighted by Crippen LogP contribution is -2.33. The van der Waals surface area contributed by atoms with E-state index in [4.69, 9.17) is 10.8 Å². The second-order valence-corrected chi connectivity index (χ2v) is 4.41. The lowest BCUT2D eigenvalue weighted by Gasteiger charge is -2.11. The van der Waals surface area contributed by atoms with Crippen molar-refractivity contribution in [1.82, 2.24) is 20.3 Å². The number of amides is 1. The molecule has 1 aromatic carbocycles. The number of carbonyl (C=O) groups excluding carboxylic acids is 1. The lowest BCUT2D eigenvalue weighted by molar-refractivity contribution is -0.138. The molecule has 110 valence electrons. The first-order valence-electron chi connectivity index (χ1n) is 6.25. The number of aromatic nitrogens is 3. The molecule has 1 atom stereocenters. The molecule has 1 heterocycles. The number of nitrogens with zero attached hydrogens (tertiary/aromatic N) is 3. The third-order valence-corrected chi connectivity index (χ3v) is 2.77. The maximum absolute atomic E-state index is 11.9. The van der Waals surface area contributed by atoms with Crippen molar-refractivity contribution in [2.75, 3.05) is 0 Å². The van der Waals surface area contributed by atoms with E-state index in [1.165, 1.54) is 10.9 Å². The standard InChI is InChI=1S/C13H15N5O3/c14-12(9-4-2-1-3-5-9)13(21)15-6-10-7-18(17-16-10)8-11(19)20/h1-5,7,12H,6,8,14H2,(H,15,21)(H,19,20)/t12-/m0/s1. The van der Waals surface area contributed by atoms with Gasteiger partial charge in [-0.15, -0.1) is 5.10 Å². The van der Waals surface area contributed by atoms with E-state index in [9.17, 15) is 9.59 Å². The van der Waals surface area contributed by atoms with Crippen molar-refractivity contribution >= 4 is 11.9 Å². The first kappa shape index (κ1) is 14.7. The molecule has 0 saturated heterocycles. The summed E-state index contributed by atoms with van der Waals surface area (Å²) in [6.07, 6.45) is 1.46. The van der Waals surface area contributed by atoms with Gasteiger partial charge in [0.05, 0.1) is 12.7 Å². The number of nitrogens with two attached hydrogens (primary N) is 1. The SMILES string of the molecule is N[C@H](C(=O)NCc1cn(CC(=O)O)nn1)c1ccccc1. The van der Waals surface area contributed by atoms with Gasteiger partial charge in [0.2, 0.25) is 5.91 Å². The maximum Gasteiger partial charge on any atom is 0.325 e. The van der Waals surface area contributed by atoms with E-state index in [2.05, 4.69) is 15.6 Å². The molecule has 8 heteroatoms. The fraction of sp³-hybridized carbons (Fsp3) is 0.231. The molecule has 0 aliphatic rings. The van der Waals surface area contributed by atoms with Crippen LogP contribution in [0.25, 0.3) is 0 Å². The topological polar surface area (TPSA) is 123 Å².